The van der Waals surface area contributed by atoms with Gasteiger partial charge in [-0.1, -0.05) is 36.8 Å². The van der Waals surface area contributed by atoms with Crippen LogP contribution < -0.4 is 20.1 Å². The van der Waals surface area contributed by atoms with Gasteiger partial charge in [0.2, 0.25) is 11.8 Å². The third kappa shape index (κ3) is 2.77. The number of carbonyl (C=O) groups excluding carboxylic acids is 2. The van der Waals surface area contributed by atoms with E-state index in [0.717, 1.165) is 37.0 Å². The number of para-hydroxylation sites is 3. The van der Waals surface area contributed by atoms with Crippen LogP contribution in [0, 0.1) is 11.8 Å². The first-order valence-electron chi connectivity index (χ1n) is 10.2. The third-order valence-corrected chi connectivity index (χ3v) is 6.54. The number of piperidine rings is 1. The predicted octanol–water partition coefficient (Wildman–Crippen LogP) is 3.44. The van der Waals surface area contributed by atoms with E-state index in [2.05, 4.69) is 10.6 Å². The summed E-state index contributed by atoms with van der Waals surface area (Å²) >= 11 is 0. The highest BCUT2D eigenvalue weighted by Gasteiger charge is 2.60. The summed E-state index contributed by atoms with van der Waals surface area (Å²) in [5, 5.41) is 6.02. The van der Waals surface area contributed by atoms with Gasteiger partial charge in [-0.2, -0.15) is 0 Å². The van der Waals surface area contributed by atoms with Gasteiger partial charge in [-0.3, -0.25) is 9.59 Å². The minimum Gasteiger partial charge on any atom is -0.495 e. The number of ether oxygens (including phenoxy) is 2. The Balaban J connectivity index is 1.55. The Morgan fingerprint density at radius 1 is 1.17 bits per heavy atom. The van der Waals surface area contributed by atoms with E-state index < -0.39 is 11.6 Å². The minimum atomic E-state index is -0.818. The van der Waals surface area contributed by atoms with Crippen LogP contribution in [0.2, 0.25) is 0 Å². The summed E-state index contributed by atoms with van der Waals surface area (Å²) in [5.74, 6) is -0.188. The van der Waals surface area contributed by atoms with Crippen molar-refractivity contribution in [3.8, 4) is 11.5 Å². The molecule has 2 heterocycles. The molecule has 5 rings (SSSR count). The van der Waals surface area contributed by atoms with Crippen molar-refractivity contribution in [2.75, 3.05) is 12.4 Å². The van der Waals surface area contributed by atoms with Gasteiger partial charge in [0.1, 0.15) is 17.4 Å². The molecule has 0 radical (unpaired) electrons. The Labute approximate surface area is 169 Å². The number of hydrogen-bond acceptors (Lipinski definition) is 4. The molecule has 2 aromatic rings. The Morgan fingerprint density at radius 3 is 2.83 bits per heavy atom. The molecule has 4 atom stereocenters. The molecule has 6 nitrogen and oxygen atoms in total. The number of benzene rings is 2. The SMILES string of the molecule is COc1ccccc1NC(=O)[C@@H]1C(=O)N[C@@]23CCCC[C@H]2[C@H]1c1ccccc1O3. The molecule has 150 valence electrons. The van der Waals surface area contributed by atoms with E-state index >= 15 is 0 Å². The second-order valence-electron chi connectivity index (χ2n) is 8.06. The van der Waals surface area contributed by atoms with Gasteiger partial charge in [-0.25, -0.2) is 0 Å². The van der Waals surface area contributed by atoms with Crippen LogP contribution >= 0.6 is 0 Å². The Morgan fingerprint density at radius 2 is 1.97 bits per heavy atom. The Kier molecular flexibility index (Phi) is 4.23. The van der Waals surface area contributed by atoms with Crippen molar-refractivity contribution >= 4 is 17.5 Å². The molecule has 2 N–H and O–H groups in total. The molecule has 2 amide bonds. The second kappa shape index (κ2) is 6.79. The lowest BCUT2D eigenvalue weighted by Gasteiger charge is -2.55. The van der Waals surface area contributed by atoms with E-state index in [-0.39, 0.29) is 23.7 Å². The summed E-state index contributed by atoms with van der Waals surface area (Å²) in [6.45, 7) is 0. The normalized spacial score (nSPS) is 29.6. The number of hydrogen-bond donors (Lipinski definition) is 2. The molecule has 1 aliphatic carbocycles. The van der Waals surface area contributed by atoms with Gasteiger partial charge < -0.3 is 20.1 Å². The lowest BCUT2D eigenvalue weighted by molar-refractivity contribution is -0.160. The van der Waals surface area contributed by atoms with E-state index in [0.29, 0.717) is 11.4 Å². The van der Waals surface area contributed by atoms with E-state index in [1.165, 1.54) is 0 Å². The maximum absolute atomic E-state index is 13.4. The van der Waals surface area contributed by atoms with Crippen LogP contribution in [-0.2, 0) is 9.59 Å². The highest BCUT2D eigenvalue weighted by molar-refractivity contribution is 6.08. The fraction of sp³-hybridized carbons (Fsp3) is 0.391. The number of anilines is 1. The van der Waals surface area contributed by atoms with E-state index in [1.54, 1.807) is 19.2 Å². The average Bonchev–Trinajstić information content (AvgIpc) is 2.73. The number of methoxy groups -OCH3 is 1. The molecule has 6 heteroatoms. The lowest BCUT2D eigenvalue weighted by atomic mass is 9.62. The molecular weight excluding hydrogens is 368 g/mol. The van der Waals surface area contributed by atoms with Crippen molar-refractivity contribution in [2.45, 2.75) is 37.3 Å². The number of amides is 2. The summed E-state index contributed by atoms with van der Waals surface area (Å²) in [7, 11) is 1.56. The molecule has 1 saturated carbocycles. The van der Waals surface area contributed by atoms with Crippen molar-refractivity contribution in [1.29, 1.82) is 0 Å². The molecule has 2 aromatic carbocycles. The van der Waals surface area contributed by atoms with Crippen molar-refractivity contribution in [1.82, 2.24) is 5.32 Å². The van der Waals surface area contributed by atoms with Crippen LogP contribution in [0.1, 0.15) is 37.2 Å². The summed E-state index contributed by atoms with van der Waals surface area (Å²) in [6.07, 6.45) is 3.78. The van der Waals surface area contributed by atoms with Crippen LogP contribution in [0.3, 0.4) is 0 Å². The summed E-state index contributed by atoms with van der Waals surface area (Å²) in [6, 6.07) is 15.0. The first-order chi connectivity index (χ1) is 14.1. The van der Waals surface area contributed by atoms with Gasteiger partial charge in [0, 0.05) is 18.3 Å². The van der Waals surface area contributed by atoms with Crippen LogP contribution in [0.25, 0.3) is 0 Å². The van der Waals surface area contributed by atoms with Crippen molar-refractivity contribution in [2.24, 2.45) is 11.8 Å². The lowest BCUT2D eigenvalue weighted by Crippen LogP contribution is -2.69. The van der Waals surface area contributed by atoms with Gasteiger partial charge in [-0.15, -0.1) is 0 Å². The number of carbonyl (C=O) groups is 2. The molecule has 0 aromatic heterocycles. The summed E-state index contributed by atoms with van der Waals surface area (Å²) in [5.41, 5.74) is 0.814. The highest BCUT2D eigenvalue weighted by atomic mass is 16.5. The molecule has 29 heavy (non-hydrogen) atoms. The minimum absolute atomic E-state index is 0.0808. The molecule has 1 saturated heterocycles. The van der Waals surface area contributed by atoms with Crippen LogP contribution in [0.5, 0.6) is 11.5 Å². The predicted molar refractivity (Wildman–Crippen MR) is 108 cm³/mol. The van der Waals surface area contributed by atoms with Gasteiger partial charge in [0.25, 0.3) is 0 Å². The van der Waals surface area contributed by atoms with Gasteiger partial charge in [0.15, 0.2) is 5.72 Å². The van der Waals surface area contributed by atoms with E-state index in [9.17, 15) is 9.59 Å². The average molecular weight is 392 g/mol. The zero-order valence-corrected chi connectivity index (χ0v) is 16.3. The second-order valence-corrected chi connectivity index (χ2v) is 8.06. The van der Waals surface area contributed by atoms with Gasteiger partial charge in [0.05, 0.1) is 12.8 Å². The van der Waals surface area contributed by atoms with Crippen LogP contribution in [0.15, 0.2) is 48.5 Å². The van der Waals surface area contributed by atoms with Crippen molar-refractivity contribution < 1.29 is 19.1 Å². The maximum Gasteiger partial charge on any atom is 0.237 e. The molecule has 3 aliphatic rings. The van der Waals surface area contributed by atoms with Crippen LogP contribution in [0.4, 0.5) is 5.69 Å². The number of fused-ring (bicyclic) bond motifs is 2. The molecule has 2 fully saturated rings. The van der Waals surface area contributed by atoms with Crippen molar-refractivity contribution in [3.63, 3.8) is 0 Å². The standard InChI is InChI=1S/C23H24N2O4/c1-28-18-12-5-3-10-16(18)24-21(26)20-19-14-8-2-4-11-17(14)29-23(25-22(20)27)13-7-6-9-15(19)23/h2-5,8,10-12,15,19-20H,6-7,9,13H2,1H3,(H,24,26)(H,25,27)/t15-,19+,20+,23+/m0/s1. The first-order valence-corrected chi connectivity index (χ1v) is 10.2. The van der Waals surface area contributed by atoms with E-state index in [4.69, 9.17) is 9.47 Å². The topological polar surface area (TPSA) is 76.7 Å². The number of rotatable bonds is 3. The molecule has 0 spiro atoms. The maximum atomic E-state index is 13.4. The van der Waals surface area contributed by atoms with Crippen LogP contribution in [-0.4, -0.2) is 24.6 Å². The quantitative estimate of drug-likeness (QED) is 0.785. The zero-order valence-electron chi connectivity index (χ0n) is 16.3. The zero-order chi connectivity index (χ0) is 20.0. The Bertz CT molecular complexity index is 975. The third-order valence-electron chi connectivity index (χ3n) is 6.54. The molecule has 2 aliphatic heterocycles. The first kappa shape index (κ1) is 18.0. The molecular formula is C23H24N2O4. The van der Waals surface area contributed by atoms with Gasteiger partial charge in [-0.05, 0) is 36.6 Å². The highest BCUT2D eigenvalue weighted by Crippen LogP contribution is 2.55. The Hall–Kier alpha value is -3.02. The molecule has 0 unspecified atom stereocenters. The number of nitrogens with one attached hydrogen (secondary N) is 2. The van der Waals surface area contributed by atoms with Gasteiger partial charge >= 0.3 is 0 Å². The smallest absolute Gasteiger partial charge is 0.237 e. The fourth-order valence-electron chi connectivity index (χ4n) is 5.31. The summed E-state index contributed by atoms with van der Waals surface area (Å²) < 4.78 is 11.7. The summed E-state index contributed by atoms with van der Waals surface area (Å²) in [4.78, 5) is 26.5. The molecule has 2 bridgehead atoms. The monoisotopic (exact) mass is 392 g/mol. The van der Waals surface area contributed by atoms with Crippen molar-refractivity contribution in [3.05, 3.63) is 54.1 Å². The van der Waals surface area contributed by atoms with E-state index in [1.807, 2.05) is 36.4 Å². The fourth-order valence-corrected chi connectivity index (χ4v) is 5.31. The largest absolute Gasteiger partial charge is 0.495 e.